The van der Waals surface area contributed by atoms with E-state index in [0.717, 1.165) is 0 Å². The SMILES string of the molecule is O=C(O)CCCC(=O)Nc1ccc(-n2cncn2)nc1. The average molecular weight is 275 g/mol. The molecule has 104 valence electrons. The fourth-order valence-electron chi connectivity index (χ4n) is 1.55. The normalized spacial score (nSPS) is 10.2. The number of anilines is 1. The van der Waals surface area contributed by atoms with Crippen LogP contribution in [-0.2, 0) is 9.59 Å². The lowest BCUT2D eigenvalue weighted by Gasteiger charge is -2.05. The number of carboxylic acid groups (broad SMARTS) is 1. The molecule has 0 atom stereocenters. The Bertz CT molecular complexity index is 580. The van der Waals surface area contributed by atoms with Gasteiger partial charge in [0.05, 0.1) is 11.9 Å². The molecule has 2 rings (SSSR count). The van der Waals surface area contributed by atoms with E-state index in [4.69, 9.17) is 5.11 Å². The minimum absolute atomic E-state index is 0.0170. The highest BCUT2D eigenvalue weighted by atomic mass is 16.4. The van der Waals surface area contributed by atoms with Gasteiger partial charge in [0.2, 0.25) is 5.91 Å². The zero-order valence-electron chi connectivity index (χ0n) is 10.6. The molecular formula is C12H13N5O3. The van der Waals surface area contributed by atoms with Gasteiger partial charge in [0, 0.05) is 12.8 Å². The molecule has 0 aliphatic carbocycles. The van der Waals surface area contributed by atoms with Crippen LogP contribution in [0.25, 0.3) is 5.82 Å². The predicted octanol–water partition coefficient (Wildman–Crippen LogP) is 0.856. The van der Waals surface area contributed by atoms with Gasteiger partial charge in [-0.1, -0.05) is 0 Å². The number of rotatable bonds is 6. The van der Waals surface area contributed by atoms with Crippen LogP contribution in [0.1, 0.15) is 19.3 Å². The lowest BCUT2D eigenvalue weighted by molar-refractivity contribution is -0.137. The minimum atomic E-state index is -0.906. The number of carboxylic acids is 1. The van der Waals surface area contributed by atoms with E-state index in [2.05, 4.69) is 20.4 Å². The van der Waals surface area contributed by atoms with Crippen LogP contribution >= 0.6 is 0 Å². The van der Waals surface area contributed by atoms with Crippen molar-refractivity contribution in [3.63, 3.8) is 0 Å². The van der Waals surface area contributed by atoms with E-state index in [0.29, 0.717) is 17.9 Å². The molecule has 0 saturated carbocycles. The van der Waals surface area contributed by atoms with Crippen LogP contribution in [0.4, 0.5) is 5.69 Å². The van der Waals surface area contributed by atoms with Gasteiger partial charge >= 0.3 is 5.97 Å². The second-order valence-electron chi connectivity index (χ2n) is 4.04. The van der Waals surface area contributed by atoms with Crippen molar-refractivity contribution in [2.24, 2.45) is 0 Å². The molecule has 1 amide bonds. The summed E-state index contributed by atoms with van der Waals surface area (Å²) in [6.07, 6.45) is 4.89. The van der Waals surface area contributed by atoms with Crippen LogP contribution in [0.3, 0.4) is 0 Å². The molecule has 8 heteroatoms. The van der Waals surface area contributed by atoms with Crippen molar-refractivity contribution >= 4 is 17.6 Å². The summed E-state index contributed by atoms with van der Waals surface area (Å²) >= 11 is 0. The molecule has 0 bridgehead atoms. The Labute approximate surface area is 114 Å². The van der Waals surface area contributed by atoms with Gasteiger partial charge in [-0.3, -0.25) is 9.59 Å². The summed E-state index contributed by atoms with van der Waals surface area (Å²) in [5.74, 6) is -0.551. The van der Waals surface area contributed by atoms with Crippen LogP contribution in [0.2, 0.25) is 0 Å². The average Bonchev–Trinajstić information content (AvgIpc) is 2.93. The molecule has 0 saturated heterocycles. The van der Waals surface area contributed by atoms with Crippen molar-refractivity contribution in [3.8, 4) is 5.82 Å². The van der Waals surface area contributed by atoms with Crippen LogP contribution in [-0.4, -0.2) is 36.7 Å². The smallest absolute Gasteiger partial charge is 0.303 e. The third kappa shape index (κ3) is 3.87. The molecule has 0 aliphatic rings. The lowest BCUT2D eigenvalue weighted by atomic mass is 10.2. The molecule has 2 N–H and O–H groups in total. The molecule has 2 aromatic rings. The third-order valence-corrected chi connectivity index (χ3v) is 2.48. The molecule has 2 heterocycles. The Hall–Kier alpha value is -2.77. The van der Waals surface area contributed by atoms with Crippen LogP contribution in [0.5, 0.6) is 0 Å². The highest BCUT2D eigenvalue weighted by molar-refractivity contribution is 5.90. The zero-order valence-corrected chi connectivity index (χ0v) is 10.6. The number of carbonyl (C=O) groups is 2. The molecule has 0 spiro atoms. The molecule has 8 nitrogen and oxygen atoms in total. The zero-order chi connectivity index (χ0) is 14.4. The fourth-order valence-corrected chi connectivity index (χ4v) is 1.55. The first-order chi connectivity index (χ1) is 9.65. The van der Waals surface area contributed by atoms with Gasteiger partial charge in [0.25, 0.3) is 0 Å². The van der Waals surface area contributed by atoms with Crippen molar-refractivity contribution in [3.05, 3.63) is 31.0 Å². The molecular weight excluding hydrogens is 262 g/mol. The first kappa shape index (κ1) is 13.7. The second kappa shape index (κ2) is 6.41. The van der Waals surface area contributed by atoms with Crippen LogP contribution in [0, 0.1) is 0 Å². The van der Waals surface area contributed by atoms with Gasteiger partial charge in [-0.15, -0.1) is 0 Å². The number of amides is 1. The number of carbonyl (C=O) groups excluding carboxylic acids is 1. The number of pyridine rings is 1. The maximum atomic E-state index is 11.5. The molecule has 0 radical (unpaired) electrons. The van der Waals surface area contributed by atoms with E-state index in [1.807, 2.05) is 0 Å². The Balaban J connectivity index is 1.87. The summed E-state index contributed by atoms with van der Waals surface area (Å²) in [5.41, 5.74) is 0.550. The van der Waals surface area contributed by atoms with Gasteiger partial charge in [-0.25, -0.2) is 14.6 Å². The van der Waals surface area contributed by atoms with E-state index in [1.165, 1.54) is 23.5 Å². The van der Waals surface area contributed by atoms with E-state index < -0.39 is 5.97 Å². The molecule has 0 aromatic carbocycles. The Kier molecular flexibility index (Phi) is 4.38. The number of aromatic nitrogens is 4. The minimum Gasteiger partial charge on any atom is -0.481 e. The van der Waals surface area contributed by atoms with Crippen LogP contribution in [0.15, 0.2) is 31.0 Å². The van der Waals surface area contributed by atoms with E-state index in [-0.39, 0.29) is 18.7 Å². The van der Waals surface area contributed by atoms with E-state index >= 15 is 0 Å². The second-order valence-corrected chi connectivity index (χ2v) is 4.04. The van der Waals surface area contributed by atoms with Crippen molar-refractivity contribution in [2.45, 2.75) is 19.3 Å². The monoisotopic (exact) mass is 275 g/mol. The first-order valence-corrected chi connectivity index (χ1v) is 5.98. The maximum absolute atomic E-state index is 11.5. The standard InChI is InChI=1S/C12H13N5O3/c18-11(2-1-3-12(19)20)16-9-4-5-10(14-6-9)17-8-13-7-15-17/h4-8H,1-3H2,(H,16,18)(H,19,20). The Morgan fingerprint density at radius 3 is 2.75 bits per heavy atom. The first-order valence-electron chi connectivity index (χ1n) is 5.98. The highest BCUT2D eigenvalue weighted by Crippen LogP contribution is 2.09. The van der Waals surface area contributed by atoms with Crippen molar-refractivity contribution in [1.29, 1.82) is 0 Å². The van der Waals surface area contributed by atoms with Gasteiger partial charge in [0.1, 0.15) is 12.7 Å². The van der Waals surface area contributed by atoms with Gasteiger partial charge in [-0.2, -0.15) is 5.10 Å². The molecule has 0 aliphatic heterocycles. The van der Waals surface area contributed by atoms with Crippen LogP contribution < -0.4 is 5.32 Å². The van der Waals surface area contributed by atoms with Crippen molar-refractivity contribution < 1.29 is 14.7 Å². The summed E-state index contributed by atoms with van der Waals surface area (Å²) in [4.78, 5) is 29.8. The lowest BCUT2D eigenvalue weighted by Crippen LogP contribution is -2.12. The topological polar surface area (TPSA) is 110 Å². The molecule has 0 fully saturated rings. The van der Waals surface area contributed by atoms with Crippen molar-refractivity contribution in [2.75, 3.05) is 5.32 Å². The van der Waals surface area contributed by atoms with Crippen molar-refractivity contribution in [1.82, 2.24) is 19.7 Å². The number of aliphatic carboxylic acids is 1. The summed E-state index contributed by atoms with van der Waals surface area (Å²) in [6, 6.07) is 3.39. The largest absolute Gasteiger partial charge is 0.481 e. The number of nitrogens with zero attached hydrogens (tertiary/aromatic N) is 4. The highest BCUT2D eigenvalue weighted by Gasteiger charge is 2.05. The fraction of sp³-hybridized carbons (Fsp3) is 0.250. The van der Waals surface area contributed by atoms with E-state index in [9.17, 15) is 9.59 Å². The summed E-state index contributed by atoms with van der Waals surface area (Å²) in [7, 11) is 0. The predicted molar refractivity (Wildman–Crippen MR) is 69.3 cm³/mol. The van der Waals surface area contributed by atoms with E-state index in [1.54, 1.807) is 12.1 Å². The Morgan fingerprint density at radius 2 is 2.15 bits per heavy atom. The molecule has 0 unspecified atom stereocenters. The summed E-state index contributed by atoms with van der Waals surface area (Å²) in [6.45, 7) is 0. The Morgan fingerprint density at radius 1 is 1.30 bits per heavy atom. The number of hydrogen-bond acceptors (Lipinski definition) is 5. The molecule has 2 aromatic heterocycles. The number of hydrogen-bond donors (Lipinski definition) is 2. The molecule has 20 heavy (non-hydrogen) atoms. The summed E-state index contributed by atoms with van der Waals surface area (Å²) < 4.78 is 1.50. The van der Waals surface area contributed by atoms with Gasteiger partial charge in [0.15, 0.2) is 5.82 Å². The summed E-state index contributed by atoms with van der Waals surface area (Å²) in [5, 5.41) is 15.1. The van der Waals surface area contributed by atoms with Gasteiger partial charge < -0.3 is 10.4 Å². The quantitative estimate of drug-likeness (QED) is 0.808. The maximum Gasteiger partial charge on any atom is 0.303 e. The number of nitrogens with one attached hydrogen (secondary N) is 1. The third-order valence-electron chi connectivity index (χ3n) is 2.48. The van der Waals surface area contributed by atoms with Gasteiger partial charge in [-0.05, 0) is 18.6 Å².